The molecule has 0 fully saturated rings. The van der Waals surface area contributed by atoms with E-state index in [-0.39, 0.29) is 18.7 Å². The Kier molecular flexibility index (Phi) is 8.58. The van der Waals surface area contributed by atoms with E-state index in [2.05, 4.69) is 28.9 Å². The molecule has 2 rings (SSSR count). The highest BCUT2D eigenvalue weighted by atomic mass is 16.6. The van der Waals surface area contributed by atoms with Gasteiger partial charge in [0.05, 0.1) is 5.56 Å². The molecule has 1 aliphatic carbocycles. The molecule has 0 saturated carbocycles. The first-order chi connectivity index (χ1) is 14.3. The van der Waals surface area contributed by atoms with Crippen LogP contribution in [0.15, 0.2) is 48.3 Å². The van der Waals surface area contributed by atoms with Crippen molar-refractivity contribution in [3.05, 3.63) is 53.9 Å². The van der Waals surface area contributed by atoms with E-state index in [9.17, 15) is 19.5 Å². The summed E-state index contributed by atoms with van der Waals surface area (Å²) < 4.78 is 6.81. The molecule has 1 heterocycles. The lowest BCUT2D eigenvalue weighted by atomic mass is 10.0. The number of carbonyl (C=O) groups excluding carboxylic acids is 2. The van der Waals surface area contributed by atoms with Crippen LogP contribution >= 0.6 is 0 Å². The van der Waals surface area contributed by atoms with Crippen molar-refractivity contribution in [3.8, 4) is 0 Å². The quantitative estimate of drug-likeness (QED) is 0.536. The number of pyridine rings is 1. The number of ether oxygens (including phenoxy) is 1. The number of aliphatic carboxylic acids is 1. The van der Waals surface area contributed by atoms with E-state index >= 15 is 0 Å². The minimum absolute atomic E-state index is 0.00715. The van der Waals surface area contributed by atoms with Crippen molar-refractivity contribution in [1.29, 1.82) is 0 Å². The number of hydrogen-bond donors (Lipinski definition) is 3. The van der Waals surface area contributed by atoms with Gasteiger partial charge in [-0.15, -0.1) is 0 Å². The SMILES string of the molecule is CC(C)[C@H](NC(=O)c1cc[n+](COC(=O)N[C@@H](C)CC2=CCCC=C2)cc1)C(=O)O. The lowest BCUT2D eigenvalue weighted by Crippen LogP contribution is -2.44. The minimum Gasteiger partial charge on any atom is -0.480 e. The van der Waals surface area contributed by atoms with Crippen molar-refractivity contribution in [2.45, 2.75) is 58.8 Å². The smallest absolute Gasteiger partial charge is 0.412 e. The molecule has 162 valence electrons. The van der Waals surface area contributed by atoms with Gasteiger partial charge >= 0.3 is 12.1 Å². The van der Waals surface area contributed by atoms with E-state index in [1.807, 2.05) is 6.92 Å². The maximum absolute atomic E-state index is 12.2. The van der Waals surface area contributed by atoms with E-state index in [0.717, 1.165) is 19.3 Å². The Bertz CT molecular complexity index is 815. The molecule has 0 radical (unpaired) electrons. The third kappa shape index (κ3) is 7.35. The molecular formula is C22H30N3O5+. The number of allylic oxidation sites excluding steroid dienone is 3. The van der Waals surface area contributed by atoms with Crippen LogP contribution in [-0.4, -0.2) is 35.2 Å². The fourth-order valence-electron chi connectivity index (χ4n) is 3.03. The van der Waals surface area contributed by atoms with Crippen molar-refractivity contribution in [2.24, 2.45) is 5.92 Å². The summed E-state index contributed by atoms with van der Waals surface area (Å²) in [6.07, 6.45) is 11.9. The first kappa shape index (κ1) is 23.1. The number of nitrogens with one attached hydrogen (secondary N) is 2. The van der Waals surface area contributed by atoms with Gasteiger partial charge in [-0.3, -0.25) is 4.79 Å². The number of nitrogens with zero attached hydrogens (tertiary/aromatic N) is 1. The van der Waals surface area contributed by atoms with Gasteiger partial charge in [0.1, 0.15) is 6.04 Å². The largest absolute Gasteiger partial charge is 0.480 e. The molecule has 0 spiro atoms. The van der Waals surface area contributed by atoms with Crippen LogP contribution < -0.4 is 15.2 Å². The maximum atomic E-state index is 12.2. The number of carboxylic acids is 1. The number of rotatable bonds is 9. The molecule has 8 heteroatoms. The Labute approximate surface area is 176 Å². The Balaban J connectivity index is 1.80. The molecule has 2 amide bonds. The van der Waals surface area contributed by atoms with Gasteiger partial charge in [-0.05, 0) is 32.1 Å². The lowest BCUT2D eigenvalue weighted by Gasteiger charge is -2.17. The van der Waals surface area contributed by atoms with Crippen LogP contribution in [-0.2, 0) is 16.3 Å². The summed E-state index contributed by atoms with van der Waals surface area (Å²) >= 11 is 0. The normalized spacial score (nSPS) is 15.1. The van der Waals surface area contributed by atoms with Crippen LogP contribution in [0.1, 0.15) is 50.4 Å². The second-order valence-corrected chi connectivity index (χ2v) is 7.70. The van der Waals surface area contributed by atoms with Crippen molar-refractivity contribution < 1.29 is 28.8 Å². The molecule has 1 aromatic heterocycles. The standard InChI is InChI=1S/C22H29N3O5/c1-15(2)19(21(27)28)24-20(26)18-9-11-25(12-10-18)14-30-22(29)23-16(3)13-17-7-5-4-6-8-17/h5,7-12,15-16,19H,4,6,13-14H2,1-3H3,(H2-,23,24,26,27,28,29)/p+1/t16-,19-/m0/s1. The maximum Gasteiger partial charge on any atom is 0.412 e. The molecule has 0 aromatic carbocycles. The molecular weight excluding hydrogens is 386 g/mol. The highest BCUT2D eigenvalue weighted by Crippen LogP contribution is 2.14. The highest BCUT2D eigenvalue weighted by Gasteiger charge is 2.24. The molecule has 8 nitrogen and oxygen atoms in total. The van der Waals surface area contributed by atoms with Gasteiger partial charge in [-0.1, -0.05) is 37.6 Å². The topological polar surface area (TPSA) is 109 Å². The van der Waals surface area contributed by atoms with E-state index < -0.39 is 24.0 Å². The molecule has 0 aliphatic heterocycles. The van der Waals surface area contributed by atoms with Gasteiger partial charge in [0.15, 0.2) is 12.4 Å². The second-order valence-electron chi connectivity index (χ2n) is 7.70. The molecule has 0 saturated heterocycles. The highest BCUT2D eigenvalue weighted by molar-refractivity contribution is 5.96. The van der Waals surface area contributed by atoms with Crippen molar-refractivity contribution in [2.75, 3.05) is 0 Å². The number of carboxylic acid groups (broad SMARTS) is 1. The van der Waals surface area contributed by atoms with Gasteiger partial charge in [0.25, 0.3) is 12.6 Å². The zero-order chi connectivity index (χ0) is 22.1. The Morgan fingerprint density at radius 1 is 1.13 bits per heavy atom. The summed E-state index contributed by atoms with van der Waals surface area (Å²) in [5.41, 5.74) is 1.53. The molecule has 3 N–H and O–H groups in total. The third-order valence-electron chi connectivity index (χ3n) is 4.70. The van der Waals surface area contributed by atoms with E-state index in [0.29, 0.717) is 5.56 Å². The van der Waals surface area contributed by atoms with E-state index in [4.69, 9.17) is 4.74 Å². The summed E-state index contributed by atoms with van der Waals surface area (Å²) in [6.45, 7) is 5.37. The summed E-state index contributed by atoms with van der Waals surface area (Å²) in [6, 6.07) is 2.07. The number of alkyl carbamates (subject to hydrolysis) is 1. The van der Waals surface area contributed by atoms with Crippen LogP contribution in [0.4, 0.5) is 4.79 Å². The van der Waals surface area contributed by atoms with Crippen molar-refractivity contribution in [3.63, 3.8) is 0 Å². The summed E-state index contributed by atoms with van der Waals surface area (Å²) in [7, 11) is 0. The fourth-order valence-corrected chi connectivity index (χ4v) is 3.03. The number of amides is 2. The van der Waals surface area contributed by atoms with Gasteiger partial charge in [-0.25, -0.2) is 9.59 Å². The second kappa shape index (κ2) is 11.1. The van der Waals surface area contributed by atoms with Crippen LogP contribution in [0, 0.1) is 5.92 Å². The first-order valence-electron chi connectivity index (χ1n) is 10.1. The zero-order valence-corrected chi connectivity index (χ0v) is 17.6. The Morgan fingerprint density at radius 3 is 2.40 bits per heavy atom. The zero-order valence-electron chi connectivity index (χ0n) is 17.6. The molecule has 0 bridgehead atoms. The lowest BCUT2D eigenvalue weighted by molar-refractivity contribution is -0.727. The van der Waals surface area contributed by atoms with Gasteiger partial charge < -0.3 is 20.5 Å². The van der Waals surface area contributed by atoms with Crippen LogP contribution in [0.3, 0.4) is 0 Å². The average molecular weight is 416 g/mol. The van der Waals surface area contributed by atoms with Crippen LogP contribution in [0.25, 0.3) is 0 Å². The van der Waals surface area contributed by atoms with E-state index in [1.165, 1.54) is 5.57 Å². The first-order valence-corrected chi connectivity index (χ1v) is 10.1. The predicted molar refractivity (Wildman–Crippen MR) is 111 cm³/mol. The van der Waals surface area contributed by atoms with Crippen LogP contribution in [0.2, 0.25) is 0 Å². The number of hydrogen-bond acceptors (Lipinski definition) is 4. The molecule has 1 aliphatic rings. The van der Waals surface area contributed by atoms with E-state index in [1.54, 1.807) is 42.9 Å². The van der Waals surface area contributed by atoms with Gasteiger partial charge in [0.2, 0.25) is 0 Å². The average Bonchev–Trinajstić information content (AvgIpc) is 2.70. The van der Waals surface area contributed by atoms with Crippen molar-refractivity contribution in [1.82, 2.24) is 10.6 Å². The molecule has 30 heavy (non-hydrogen) atoms. The van der Waals surface area contributed by atoms with Gasteiger partial charge in [0, 0.05) is 18.2 Å². The molecule has 2 atom stereocenters. The molecule has 1 aromatic rings. The number of aromatic nitrogens is 1. The Hall–Kier alpha value is -3.16. The number of carbonyl (C=O) groups is 3. The fraction of sp³-hybridized carbons (Fsp3) is 0.455. The van der Waals surface area contributed by atoms with Gasteiger partial charge in [-0.2, -0.15) is 4.57 Å². The van der Waals surface area contributed by atoms with Crippen LogP contribution in [0.5, 0.6) is 0 Å². The summed E-state index contributed by atoms with van der Waals surface area (Å²) in [5.74, 6) is -1.78. The third-order valence-corrected chi connectivity index (χ3v) is 4.70. The summed E-state index contributed by atoms with van der Waals surface area (Å²) in [5, 5.41) is 14.5. The monoisotopic (exact) mass is 416 g/mol. The summed E-state index contributed by atoms with van der Waals surface area (Å²) in [4.78, 5) is 35.4. The van der Waals surface area contributed by atoms with Crippen molar-refractivity contribution >= 4 is 18.0 Å². The molecule has 0 unspecified atom stereocenters. The Morgan fingerprint density at radius 2 is 1.83 bits per heavy atom. The minimum atomic E-state index is -1.08. The predicted octanol–water partition coefficient (Wildman–Crippen LogP) is 2.55.